The minimum absolute atomic E-state index is 0.0738. The molecule has 0 bridgehead atoms. The number of hydrogen-bond donors (Lipinski definition) is 2. The molecule has 1 aliphatic heterocycles. The summed E-state index contributed by atoms with van der Waals surface area (Å²) in [6.45, 7) is 1.04. The number of halogens is 1. The zero-order chi connectivity index (χ0) is 19.7. The van der Waals surface area contributed by atoms with Crippen LogP contribution in [0.2, 0.25) is 0 Å². The van der Waals surface area contributed by atoms with Crippen molar-refractivity contribution >= 4 is 27.8 Å². The van der Waals surface area contributed by atoms with E-state index in [0.29, 0.717) is 24.5 Å². The van der Waals surface area contributed by atoms with Gasteiger partial charge in [-0.15, -0.1) is 5.10 Å². The van der Waals surface area contributed by atoms with Gasteiger partial charge >= 0.3 is 5.97 Å². The van der Waals surface area contributed by atoms with Crippen molar-refractivity contribution in [3.05, 3.63) is 52.4 Å². The molecular weight excluding hydrogens is 428 g/mol. The number of rotatable bonds is 5. The second-order valence-electron chi connectivity index (χ2n) is 6.60. The minimum Gasteiger partial charge on any atom is -0.476 e. The minimum atomic E-state index is -1.12. The van der Waals surface area contributed by atoms with Gasteiger partial charge in [0.05, 0.1) is 24.5 Å². The van der Waals surface area contributed by atoms with Crippen LogP contribution in [0.1, 0.15) is 33.8 Å². The van der Waals surface area contributed by atoms with E-state index in [1.165, 1.54) is 10.9 Å². The van der Waals surface area contributed by atoms with Crippen molar-refractivity contribution in [3.8, 4) is 11.3 Å². The van der Waals surface area contributed by atoms with E-state index in [-0.39, 0.29) is 17.6 Å². The van der Waals surface area contributed by atoms with Gasteiger partial charge in [0.2, 0.25) is 0 Å². The van der Waals surface area contributed by atoms with E-state index in [9.17, 15) is 9.59 Å². The van der Waals surface area contributed by atoms with Crippen LogP contribution < -0.4 is 0 Å². The highest BCUT2D eigenvalue weighted by Crippen LogP contribution is 2.24. The number of hydrogen-bond acceptors (Lipinski definition) is 5. The number of carbonyl (C=O) groups is 2. The maximum atomic E-state index is 13.0. The smallest absolute Gasteiger partial charge is 0.358 e. The lowest BCUT2D eigenvalue weighted by atomic mass is 10.1. The van der Waals surface area contributed by atoms with Gasteiger partial charge in [0.15, 0.2) is 5.69 Å². The third-order valence-corrected chi connectivity index (χ3v) is 5.27. The molecule has 0 aliphatic carbocycles. The predicted molar refractivity (Wildman–Crippen MR) is 103 cm³/mol. The van der Waals surface area contributed by atoms with Crippen LogP contribution in [0.5, 0.6) is 0 Å². The Balaban J connectivity index is 1.49. The van der Waals surface area contributed by atoms with E-state index in [2.05, 4.69) is 36.4 Å². The Morgan fingerprint density at radius 3 is 2.79 bits per heavy atom. The molecular formula is C18H17BrN6O3. The molecule has 4 rings (SSSR count). The van der Waals surface area contributed by atoms with Gasteiger partial charge in [-0.25, -0.2) is 9.48 Å². The van der Waals surface area contributed by atoms with Gasteiger partial charge in [0.25, 0.3) is 5.91 Å². The van der Waals surface area contributed by atoms with Crippen LogP contribution in [0.4, 0.5) is 0 Å². The molecule has 0 saturated carbocycles. The topological polar surface area (TPSA) is 117 Å². The number of aromatic amines is 1. The van der Waals surface area contributed by atoms with E-state index in [1.54, 1.807) is 11.0 Å². The maximum Gasteiger partial charge on any atom is 0.358 e. The number of carbonyl (C=O) groups excluding carboxylic acids is 1. The standard InChI is InChI=1S/C18H17BrN6O3/c19-12-5-3-11(4-6-12)14-8-15(21-20-14)17(26)25-7-1-2-13(25)9-24-10-16(18(27)28)22-23-24/h3-6,8,10,13H,1-2,7,9H2,(H,20,21)(H,27,28). The summed E-state index contributed by atoms with van der Waals surface area (Å²) in [6.07, 6.45) is 3.08. The predicted octanol–water partition coefficient (Wildman–Crippen LogP) is 2.43. The van der Waals surface area contributed by atoms with Crippen molar-refractivity contribution in [1.29, 1.82) is 0 Å². The summed E-state index contributed by atoms with van der Waals surface area (Å²) in [6, 6.07) is 9.38. The second-order valence-corrected chi connectivity index (χ2v) is 7.52. The number of aromatic carboxylic acids is 1. The largest absolute Gasteiger partial charge is 0.476 e. The fourth-order valence-electron chi connectivity index (χ4n) is 3.35. The summed E-state index contributed by atoms with van der Waals surface area (Å²) in [7, 11) is 0. The number of carboxylic acids is 1. The van der Waals surface area contributed by atoms with E-state index in [4.69, 9.17) is 5.11 Å². The van der Waals surface area contributed by atoms with Crippen molar-refractivity contribution in [2.75, 3.05) is 6.54 Å². The fourth-order valence-corrected chi connectivity index (χ4v) is 3.61. The highest BCUT2D eigenvalue weighted by atomic mass is 79.9. The lowest BCUT2D eigenvalue weighted by Gasteiger charge is -2.23. The number of carboxylic acid groups (broad SMARTS) is 1. The van der Waals surface area contributed by atoms with Crippen LogP contribution in [0, 0.1) is 0 Å². The lowest BCUT2D eigenvalue weighted by Crippen LogP contribution is -2.38. The molecule has 2 aromatic heterocycles. The third kappa shape index (κ3) is 3.68. The Kier molecular flexibility index (Phi) is 4.95. The number of aromatic nitrogens is 5. The quantitative estimate of drug-likeness (QED) is 0.623. The Bertz CT molecular complexity index is 1010. The molecule has 28 heavy (non-hydrogen) atoms. The highest BCUT2D eigenvalue weighted by molar-refractivity contribution is 9.10. The van der Waals surface area contributed by atoms with Gasteiger partial charge in [-0.05, 0) is 31.0 Å². The van der Waals surface area contributed by atoms with Crippen LogP contribution in [-0.2, 0) is 6.54 Å². The number of nitrogens with zero attached hydrogens (tertiary/aromatic N) is 5. The first kappa shape index (κ1) is 18.4. The maximum absolute atomic E-state index is 13.0. The van der Waals surface area contributed by atoms with Crippen molar-refractivity contribution in [3.63, 3.8) is 0 Å². The van der Waals surface area contributed by atoms with Gasteiger partial charge < -0.3 is 10.0 Å². The Morgan fingerprint density at radius 1 is 1.29 bits per heavy atom. The Hall–Kier alpha value is -3.01. The average molecular weight is 445 g/mol. The molecule has 3 aromatic rings. The zero-order valence-corrected chi connectivity index (χ0v) is 16.3. The van der Waals surface area contributed by atoms with Gasteiger partial charge in [0.1, 0.15) is 5.69 Å². The molecule has 1 unspecified atom stereocenters. The Morgan fingerprint density at radius 2 is 2.07 bits per heavy atom. The molecule has 10 heteroatoms. The number of likely N-dealkylation sites (tertiary alicyclic amines) is 1. The lowest BCUT2D eigenvalue weighted by molar-refractivity contribution is 0.0686. The third-order valence-electron chi connectivity index (χ3n) is 4.74. The molecule has 1 aliphatic rings. The van der Waals surface area contributed by atoms with Crippen LogP contribution >= 0.6 is 15.9 Å². The summed E-state index contributed by atoms with van der Waals surface area (Å²) in [4.78, 5) is 25.7. The molecule has 2 N–H and O–H groups in total. The van der Waals surface area contributed by atoms with E-state index in [0.717, 1.165) is 22.9 Å². The monoisotopic (exact) mass is 444 g/mol. The van der Waals surface area contributed by atoms with Crippen molar-refractivity contribution in [2.45, 2.75) is 25.4 Å². The van der Waals surface area contributed by atoms with Crippen LogP contribution in [-0.4, -0.2) is 59.7 Å². The Labute approximate surface area is 168 Å². The van der Waals surface area contributed by atoms with E-state index < -0.39 is 5.97 Å². The molecule has 3 heterocycles. The summed E-state index contributed by atoms with van der Waals surface area (Å²) in [5.74, 6) is -1.25. The van der Waals surface area contributed by atoms with Crippen molar-refractivity contribution in [2.24, 2.45) is 0 Å². The van der Waals surface area contributed by atoms with Crippen LogP contribution in [0.15, 0.2) is 41.0 Å². The first-order valence-electron chi connectivity index (χ1n) is 8.77. The molecule has 0 radical (unpaired) electrons. The van der Waals surface area contributed by atoms with E-state index >= 15 is 0 Å². The van der Waals surface area contributed by atoms with Gasteiger partial charge in [-0.3, -0.25) is 9.89 Å². The van der Waals surface area contributed by atoms with Gasteiger partial charge in [-0.1, -0.05) is 33.3 Å². The molecule has 1 aromatic carbocycles. The average Bonchev–Trinajstić information content (AvgIpc) is 3.43. The molecule has 1 atom stereocenters. The molecule has 1 fully saturated rings. The number of nitrogens with one attached hydrogen (secondary N) is 1. The second kappa shape index (κ2) is 7.55. The first-order valence-corrected chi connectivity index (χ1v) is 9.56. The van der Waals surface area contributed by atoms with Crippen LogP contribution in [0.25, 0.3) is 11.3 Å². The molecule has 9 nitrogen and oxygen atoms in total. The number of benzene rings is 1. The van der Waals surface area contributed by atoms with Crippen molar-refractivity contribution in [1.82, 2.24) is 30.1 Å². The molecule has 1 amide bonds. The number of amides is 1. The van der Waals surface area contributed by atoms with Crippen LogP contribution in [0.3, 0.4) is 0 Å². The first-order chi connectivity index (χ1) is 13.5. The summed E-state index contributed by atoms with van der Waals surface area (Å²) in [5.41, 5.74) is 1.94. The SMILES string of the molecule is O=C(O)c1cn(CC2CCCN2C(=O)c2cc(-c3ccc(Br)cc3)n[nH]2)nn1. The normalized spacial score (nSPS) is 16.5. The summed E-state index contributed by atoms with van der Waals surface area (Å²) in [5, 5.41) is 23.5. The molecule has 0 spiro atoms. The zero-order valence-electron chi connectivity index (χ0n) is 14.7. The highest BCUT2D eigenvalue weighted by Gasteiger charge is 2.31. The van der Waals surface area contributed by atoms with Gasteiger partial charge in [-0.2, -0.15) is 5.10 Å². The number of H-pyrrole nitrogens is 1. The summed E-state index contributed by atoms with van der Waals surface area (Å²) < 4.78 is 2.45. The fraction of sp³-hybridized carbons (Fsp3) is 0.278. The van der Waals surface area contributed by atoms with E-state index in [1.807, 2.05) is 24.3 Å². The summed E-state index contributed by atoms with van der Waals surface area (Å²) >= 11 is 3.40. The molecule has 1 saturated heterocycles. The van der Waals surface area contributed by atoms with Gasteiger partial charge in [0, 0.05) is 16.6 Å². The molecule has 144 valence electrons. The van der Waals surface area contributed by atoms with Crippen molar-refractivity contribution < 1.29 is 14.7 Å².